The molecule has 0 radical (unpaired) electrons. The van der Waals surface area contributed by atoms with Crippen molar-refractivity contribution in [3.8, 4) is 0 Å². The lowest BCUT2D eigenvalue weighted by Crippen LogP contribution is -2.14. The molecule has 106 valence electrons. The van der Waals surface area contributed by atoms with Gasteiger partial charge in [0, 0.05) is 9.50 Å². The molecule has 6 heteroatoms. The predicted molar refractivity (Wildman–Crippen MR) is 85.9 cm³/mol. The first-order valence-corrected chi connectivity index (χ1v) is 8.50. The summed E-state index contributed by atoms with van der Waals surface area (Å²) in [6.07, 6.45) is 0. The molecule has 3 nitrogen and oxygen atoms in total. The second kappa shape index (κ2) is 5.76. The summed E-state index contributed by atoms with van der Waals surface area (Å²) in [4.78, 5) is 0.197. The molecule has 2 rings (SSSR count). The van der Waals surface area contributed by atoms with Crippen LogP contribution in [0.15, 0.2) is 45.8 Å². The van der Waals surface area contributed by atoms with Gasteiger partial charge in [-0.3, -0.25) is 4.72 Å². The van der Waals surface area contributed by atoms with Gasteiger partial charge in [0.2, 0.25) is 0 Å². The van der Waals surface area contributed by atoms with Crippen LogP contribution in [-0.4, -0.2) is 8.42 Å². The van der Waals surface area contributed by atoms with Gasteiger partial charge >= 0.3 is 0 Å². The molecule has 0 aliphatic heterocycles. The molecule has 0 aromatic heterocycles. The molecule has 0 aliphatic rings. The van der Waals surface area contributed by atoms with Crippen LogP contribution in [0.5, 0.6) is 0 Å². The van der Waals surface area contributed by atoms with Gasteiger partial charge in [-0.1, -0.05) is 23.7 Å². The van der Waals surface area contributed by atoms with Gasteiger partial charge in [0.1, 0.15) is 4.90 Å². The van der Waals surface area contributed by atoms with Crippen LogP contribution in [0, 0.1) is 13.8 Å². The van der Waals surface area contributed by atoms with Crippen molar-refractivity contribution in [2.24, 2.45) is 0 Å². The van der Waals surface area contributed by atoms with Crippen LogP contribution < -0.4 is 4.72 Å². The maximum atomic E-state index is 12.4. The highest BCUT2D eigenvalue weighted by molar-refractivity contribution is 9.10. The van der Waals surface area contributed by atoms with Crippen LogP contribution in [0.3, 0.4) is 0 Å². The summed E-state index contributed by atoms with van der Waals surface area (Å²) in [6, 6.07) is 10.2. The third-order valence-electron chi connectivity index (χ3n) is 2.82. The number of rotatable bonds is 3. The molecule has 0 atom stereocenters. The minimum atomic E-state index is -3.66. The van der Waals surface area contributed by atoms with Gasteiger partial charge < -0.3 is 0 Å². The largest absolute Gasteiger partial charge is 0.279 e. The van der Waals surface area contributed by atoms with Crippen LogP contribution in [0.2, 0.25) is 5.02 Å². The Kier molecular flexibility index (Phi) is 4.42. The van der Waals surface area contributed by atoms with E-state index in [0.717, 1.165) is 11.1 Å². The number of hydrogen-bond acceptors (Lipinski definition) is 2. The highest BCUT2D eigenvalue weighted by Gasteiger charge is 2.18. The topological polar surface area (TPSA) is 46.2 Å². The van der Waals surface area contributed by atoms with Gasteiger partial charge in [-0.15, -0.1) is 0 Å². The van der Waals surface area contributed by atoms with Gasteiger partial charge in [0.05, 0.1) is 5.69 Å². The second-order valence-corrected chi connectivity index (χ2v) is 7.44. The standard InChI is InChI=1S/C14H13BrClNO2S/c1-9-3-6-14(12(15)7-9)20(18,19)17-13-8-11(16)5-4-10(13)2/h3-8,17H,1-2H3. The molecule has 0 saturated heterocycles. The van der Waals surface area contributed by atoms with E-state index in [2.05, 4.69) is 20.7 Å². The average molecular weight is 375 g/mol. The molecule has 0 amide bonds. The van der Waals surface area contributed by atoms with Crippen molar-refractivity contribution >= 4 is 43.2 Å². The van der Waals surface area contributed by atoms with E-state index in [4.69, 9.17) is 11.6 Å². The van der Waals surface area contributed by atoms with Crippen molar-refractivity contribution in [1.82, 2.24) is 0 Å². The fourth-order valence-electron chi connectivity index (χ4n) is 1.73. The first kappa shape index (κ1) is 15.4. The Balaban J connectivity index is 2.43. The highest BCUT2D eigenvalue weighted by atomic mass is 79.9. The number of nitrogens with one attached hydrogen (secondary N) is 1. The number of halogens is 2. The molecule has 2 aromatic rings. The molecule has 0 heterocycles. The lowest BCUT2D eigenvalue weighted by atomic mass is 10.2. The molecular formula is C14H13BrClNO2S. The van der Waals surface area contributed by atoms with E-state index in [0.29, 0.717) is 15.2 Å². The summed E-state index contributed by atoms with van der Waals surface area (Å²) in [6.45, 7) is 3.72. The van der Waals surface area contributed by atoms with E-state index in [1.807, 2.05) is 13.8 Å². The van der Waals surface area contributed by atoms with Crippen molar-refractivity contribution in [2.75, 3.05) is 4.72 Å². The molecule has 0 unspecified atom stereocenters. The SMILES string of the molecule is Cc1ccc(S(=O)(=O)Nc2cc(Cl)ccc2C)c(Br)c1. The van der Waals surface area contributed by atoms with E-state index in [9.17, 15) is 8.42 Å². The number of aryl methyl sites for hydroxylation is 2. The average Bonchev–Trinajstić information content (AvgIpc) is 2.33. The van der Waals surface area contributed by atoms with Crippen LogP contribution >= 0.6 is 27.5 Å². The summed E-state index contributed by atoms with van der Waals surface area (Å²) in [7, 11) is -3.66. The van der Waals surface area contributed by atoms with Crippen LogP contribution in [0.25, 0.3) is 0 Å². The smallest absolute Gasteiger partial charge is 0.263 e. The molecular weight excluding hydrogens is 362 g/mol. The maximum Gasteiger partial charge on any atom is 0.263 e. The first-order chi connectivity index (χ1) is 9.29. The van der Waals surface area contributed by atoms with Crippen LogP contribution in [0.1, 0.15) is 11.1 Å². The minimum absolute atomic E-state index is 0.197. The van der Waals surface area contributed by atoms with Crippen molar-refractivity contribution in [2.45, 2.75) is 18.7 Å². The number of hydrogen-bond donors (Lipinski definition) is 1. The zero-order valence-electron chi connectivity index (χ0n) is 10.9. The first-order valence-electron chi connectivity index (χ1n) is 5.85. The van der Waals surface area contributed by atoms with Crippen molar-refractivity contribution in [3.63, 3.8) is 0 Å². The Morgan fingerprint density at radius 3 is 2.45 bits per heavy atom. The van der Waals surface area contributed by atoms with E-state index in [-0.39, 0.29) is 4.90 Å². The summed E-state index contributed by atoms with van der Waals surface area (Å²) in [5, 5.41) is 0.483. The second-order valence-electron chi connectivity index (χ2n) is 4.50. The quantitative estimate of drug-likeness (QED) is 0.858. The van der Waals surface area contributed by atoms with Gasteiger partial charge in [0.25, 0.3) is 10.0 Å². The number of benzene rings is 2. The minimum Gasteiger partial charge on any atom is -0.279 e. The molecule has 0 saturated carbocycles. The van der Waals surface area contributed by atoms with Crippen molar-refractivity contribution in [1.29, 1.82) is 0 Å². The van der Waals surface area contributed by atoms with Gasteiger partial charge in [0.15, 0.2) is 0 Å². The van der Waals surface area contributed by atoms with E-state index >= 15 is 0 Å². The van der Waals surface area contributed by atoms with E-state index in [1.165, 1.54) is 0 Å². The Labute approximate surface area is 132 Å². The zero-order valence-corrected chi connectivity index (χ0v) is 14.1. The Morgan fingerprint density at radius 1 is 1.10 bits per heavy atom. The summed E-state index contributed by atoms with van der Waals surface area (Å²) in [5.41, 5.74) is 2.26. The Bertz CT molecular complexity index is 760. The van der Waals surface area contributed by atoms with Crippen LogP contribution in [0.4, 0.5) is 5.69 Å². The fraction of sp³-hybridized carbons (Fsp3) is 0.143. The molecule has 1 N–H and O–H groups in total. The molecule has 0 fully saturated rings. The van der Waals surface area contributed by atoms with Gasteiger partial charge in [-0.25, -0.2) is 8.42 Å². The predicted octanol–water partition coefficient (Wildman–Crippen LogP) is 4.52. The third kappa shape index (κ3) is 3.34. The maximum absolute atomic E-state index is 12.4. The molecule has 0 spiro atoms. The van der Waals surface area contributed by atoms with Crippen molar-refractivity contribution in [3.05, 3.63) is 57.0 Å². The monoisotopic (exact) mass is 373 g/mol. The zero-order chi connectivity index (χ0) is 14.9. The molecule has 2 aromatic carbocycles. The normalized spacial score (nSPS) is 11.4. The number of sulfonamides is 1. The molecule has 20 heavy (non-hydrogen) atoms. The van der Waals surface area contributed by atoms with Crippen LogP contribution in [-0.2, 0) is 10.0 Å². The third-order valence-corrected chi connectivity index (χ3v) is 5.40. The summed E-state index contributed by atoms with van der Waals surface area (Å²) >= 11 is 9.18. The van der Waals surface area contributed by atoms with Gasteiger partial charge in [-0.05, 0) is 65.2 Å². The lowest BCUT2D eigenvalue weighted by molar-refractivity contribution is 0.600. The lowest BCUT2D eigenvalue weighted by Gasteiger charge is -2.12. The highest BCUT2D eigenvalue weighted by Crippen LogP contribution is 2.27. The Hall–Kier alpha value is -1.04. The summed E-state index contributed by atoms with van der Waals surface area (Å²) in [5.74, 6) is 0. The molecule has 0 bridgehead atoms. The Morgan fingerprint density at radius 2 is 1.80 bits per heavy atom. The fourth-order valence-corrected chi connectivity index (χ4v) is 4.21. The van der Waals surface area contributed by atoms with Gasteiger partial charge in [-0.2, -0.15) is 0 Å². The van der Waals surface area contributed by atoms with E-state index in [1.54, 1.807) is 36.4 Å². The summed E-state index contributed by atoms with van der Waals surface area (Å²) < 4.78 is 27.9. The van der Waals surface area contributed by atoms with E-state index < -0.39 is 10.0 Å². The molecule has 0 aliphatic carbocycles. The number of anilines is 1. The van der Waals surface area contributed by atoms with Crippen molar-refractivity contribution < 1.29 is 8.42 Å².